The highest BCUT2D eigenvalue weighted by Crippen LogP contribution is 2.15. The van der Waals surface area contributed by atoms with E-state index >= 15 is 0 Å². The Morgan fingerprint density at radius 1 is 0.966 bits per heavy atom. The van der Waals surface area contributed by atoms with Gasteiger partial charge in [-0.1, -0.05) is 0 Å². The van der Waals surface area contributed by atoms with Gasteiger partial charge in [0.05, 0.1) is 25.9 Å². The third-order valence-electron chi connectivity index (χ3n) is 3.33. The Morgan fingerprint density at radius 3 is 2.03 bits per heavy atom. The summed E-state index contributed by atoms with van der Waals surface area (Å²) in [6.07, 6.45) is -3.39. The van der Waals surface area contributed by atoms with E-state index in [0.717, 1.165) is 0 Å². The van der Waals surface area contributed by atoms with Crippen molar-refractivity contribution in [3.8, 4) is 0 Å². The van der Waals surface area contributed by atoms with Gasteiger partial charge in [0.1, 0.15) is 5.60 Å². The second-order valence-electron chi connectivity index (χ2n) is 7.07. The molecular weight excluding hydrogens is 390 g/mol. The molecular formula is C18H25NO10. The van der Waals surface area contributed by atoms with Gasteiger partial charge >= 0.3 is 23.9 Å². The summed E-state index contributed by atoms with van der Waals surface area (Å²) in [4.78, 5) is 75.4. The van der Waals surface area contributed by atoms with Gasteiger partial charge in [0.25, 0.3) is 11.8 Å². The van der Waals surface area contributed by atoms with Crippen LogP contribution in [0.15, 0.2) is 0 Å². The number of imide groups is 1. The van der Waals surface area contributed by atoms with E-state index < -0.39 is 60.2 Å². The van der Waals surface area contributed by atoms with Crippen LogP contribution < -0.4 is 0 Å². The van der Waals surface area contributed by atoms with Gasteiger partial charge in [-0.05, 0) is 27.7 Å². The smallest absolute Gasteiger partial charge is 0.374 e. The standard InChI is InChI=1S/C18H25NO10/c1-5-26-16(24)10-11(17(25)29-19-12(20)6-7-13(19)21)27-14(22)8-9-15(23)28-18(2,3)4/h11H,5-10H2,1-4H3/t11-/m0/s1. The number of hydrogen-bond donors (Lipinski definition) is 0. The van der Waals surface area contributed by atoms with Crippen LogP contribution in [0.4, 0.5) is 0 Å². The van der Waals surface area contributed by atoms with Gasteiger partial charge in [-0.15, -0.1) is 5.06 Å². The number of ether oxygens (including phenoxy) is 3. The van der Waals surface area contributed by atoms with Crippen molar-refractivity contribution in [3.63, 3.8) is 0 Å². The highest BCUT2D eigenvalue weighted by Gasteiger charge is 2.37. The summed E-state index contributed by atoms with van der Waals surface area (Å²) in [6.45, 7) is 6.55. The molecule has 0 spiro atoms. The number of hydroxylamine groups is 2. The van der Waals surface area contributed by atoms with Gasteiger partial charge in [-0.3, -0.25) is 24.0 Å². The number of rotatable bonds is 9. The topological polar surface area (TPSA) is 143 Å². The summed E-state index contributed by atoms with van der Waals surface area (Å²) in [5.74, 6) is -5.21. The van der Waals surface area contributed by atoms with E-state index in [1.165, 1.54) is 0 Å². The zero-order chi connectivity index (χ0) is 22.2. The second kappa shape index (κ2) is 10.5. The minimum atomic E-state index is -1.75. The molecule has 1 aliphatic rings. The lowest BCUT2D eigenvalue weighted by molar-refractivity contribution is -0.206. The van der Waals surface area contributed by atoms with Crippen molar-refractivity contribution in [3.05, 3.63) is 0 Å². The van der Waals surface area contributed by atoms with Crippen LogP contribution in [0.2, 0.25) is 0 Å². The molecule has 162 valence electrons. The maximum atomic E-state index is 12.2. The van der Waals surface area contributed by atoms with Crippen molar-refractivity contribution in [1.82, 2.24) is 5.06 Å². The van der Waals surface area contributed by atoms with E-state index in [1.54, 1.807) is 27.7 Å². The predicted molar refractivity (Wildman–Crippen MR) is 93.4 cm³/mol. The molecule has 0 aromatic carbocycles. The molecule has 1 saturated heterocycles. The summed E-state index contributed by atoms with van der Waals surface area (Å²) in [5, 5.41) is 0.273. The normalized spacial score (nSPS) is 15.0. The number of amides is 2. The van der Waals surface area contributed by atoms with Crippen LogP contribution >= 0.6 is 0 Å². The quantitative estimate of drug-likeness (QED) is 0.298. The number of hydrogen-bond acceptors (Lipinski definition) is 10. The minimum absolute atomic E-state index is 0.0241. The van der Waals surface area contributed by atoms with E-state index in [-0.39, 0.29) is 30.9 Å². The molecule has 2 amide bonds. The summed E-state index contributed by atoms with van der Waals surface area (Å²) >= 11 is 0. The first-order chi connectivity index (χ1) is 13.4. The Bertz CT molecular complexity index is 663. The molecule has 0 saturated carbocycles. The van der Waals surface area contributed by atoms with Gasteiger partial charge in [-0.25, -0.2) is 4.79 Å². The van der Waals surface area contributed by atoms with Crippen LogP contribution in [0.25, 0.3) is 0 Å². The molecule has 0 aromatic rings. The summed E-state index contributed by atoms with van der Waals surface area (Å²) < 4.78 is 14.7. The zero-order valence-electron chi connectivity index (χ0n) is 16.8. The van der Waals surface area contributed by atoms with Crippen LogP contribution in [0.5, 0.6) is 0 Å². The van der Waals surface area contributed by atoms with Crippen molar-refractivity contribution in [2.24, 2.45) is 0 Å². The Labute approximate surface area is 167 Å². The molecule has 1 fully saturated rings. The van der Waals surface area contributed by atoms with Crippen LogP contribution in [-0.4, -0.2) is 59.1 Å². The van der Waals surface area contributed by atoms with Crippen molar-refractivity contribution >= 4 is 35.7 Å². The molecule has 11 nitrogen and oxygen atoms in total. The fourth-order valence-corrected chi connectivity index (χ4v) is 2.17. The molecule has 1 atom stereocenters. The van der Waals surface area contributed by atoms with E-state index in [2.05, 4.69) is 4.84 Å². The Kier molecular flexibility index (Phi) is 8.74. The lowest BCUT2D eigenvalue weighted by Crippen LogP contribution is -2.39. The highest BCUT2D eigenvalue weighted by atomic mass is 16.7. The van der Waals surface area contributed by atoms with Gasteiger partial charge in [0.15, 0.2) is 0 Å². The van der Waals surface area contributed by atoms with Gasteiger partial charge in [-0.2, -0.15) is 0 Å². The fraction of sp³-hybridized carbons (Fsp3) is 0.667. The Balaban J connectivity index is 2.71. The van der Waals surface area contributed by atoms with Gasteiger partial charge in [0.2, 0.25) is 6.10 Å². The van der Waals surface area contributed by atoms with Gasteiger partial charge < -0.3 is 19.0 Å². The molecule has 29 heavy (non-hydrogen) atoms. The first kappa shape index (κ1) is 24.1. The average Bonchev–Trinajstić information content (AvgIpc) is 2.90. The van der Waals surface area contributed by atoms with Gasteiger partial charge in [0, 0.05) is 12.8 Å². The van der Waals surface area contributed by atoms with E-state index in [4.69, 9.17) is 14.2 Å². The van der Waals surface area contributed by atoms with E-state index in [9.17, 15) is 28.8 Å². The first-order valence-corrected chi connectivity index (χ1v) is 9.07. The van der Waals surface area contributed by atoms with Crippen LogP contribution in [0, 0.1) is 0 Å². The number of carbonyl (C=O) groups is 6. The minimum Gasteiger partial charge on any atom is -0.466 e. The Morgan fingerprint density at radius 2 is 1.52 bits per heavy atom. The molecule has 0 aromatic heterocycles. The van der Waals surface area contributed by atoms with Crippen LogP contribution in [0.1, 0.15) is 59.8 Å². The first-order valence-electron chi connectivity index (χ1n) is 9.07. The van der Waals surface area contributed by atoms with Crippen molar-refractivity contribution in [1.29, 1.82) is 0 Å². The second-order valence-corrected chi connectivity index (χ2v) is 7.07. The molecule has 1 heterocycles. The molecule has 11 heteroatoms. The number of esters is 3. The third kappa shape index (κ3) is 8.71. The molecule has 0 aliphatic carbocycles. The average molecular weight is 415 g/mol. The summed E-state index contributed by atoms with van der Waals surface area (Å²) in [6, 6.07) is 0. The fourth-order valence-electron chi connectivity index (χ4n) is 2.17. The molecule has 1 rings (SSSR count). The van der Waals surface area contributed by atoms with Crippen molar-refractivity contribution in [2.45, 2.75) is 71.5 Å². The monoisotopic (exact) mass is 415 g/mol. The number of carbonyl (C=O) groups excluding carboxylic acids is 6. The van der Waals surface area contributed by atoms with Crippen molar-refractivity contribution in [2.75, 3.05) is 6.61 Å². The third-order valence-corrected chi connectivity index (χ3v) is 3.33. The number of nitrogens with zero attached hydrogens (tertiary/aromatic N) is 1. The molecule has 0 radical (unpaired) electrons. The van der Waals surface area contributed by atoms with E-state index in [1.807, 2.05) is 0 Å². The molecule has 0 bridgehead atoms. The van der Waals surface area contributed by atoms with Crippen molar-refractivity contribution < 1.29 is 47.8 Å². The summed E-state index contributed by atoms with van der Waals surface area (Å²) in [5.41, 5.74) is -0.730. The van der Waals surface area contributed by atoms with Crippen LogP contribution in [0.3, 0.4) is 0 Å². The summed E-state index contributed by atoms with van der Waals surface area (Å²) in [7, 11) is 0. The Hall–Kier alpha value is -2.98. The SMILES string of the molecule is CCOC(=O)C[C@H](OC(=O)CCC(=O)OC(C)(C)C)C(=O)ON1C(=O)CCC1=O. The zero-order valence-corrected chi connectivity index (χ0v) is 16.8. The molecule has 0 N–H and O–H groups in total. The largest absolute Gasteiger partial charge is 0.466 e. The maximum absolute atomic E-state index is 12.2. The lowest BCUT2D eigenvalue weighted by Gasteiger charge is -2.20. The van der Waals surface area contributed by atoms with E-state index in [0.29, 0.717) is 0 Å². The molecule has 1 aliphatic heterocycles. The lowest BCUT2D eigenvalue weighted by atomic mass is 10.2. The highest BCUT2D eigenvalue weighted by molar-refractivity contribution is 6.02. The maximum Gasteiger partial charge on any atom is 0.374 e. The predicted octanol–water partition coefficient (Wildman–Crippen LogP) is 0.580. The van der Waals surface area contributed by atoms with Crippen LogP contribution in [-0.2, 0) is 47.8 Å². The molecule has 0 unspecified atom stereocenters.